The summed E-state index contributed by atoms with van der Waals surface area (Å²) in [4.78, 5) is 3.77. The van der Waals surface area contributed by atoms with E-state index >= 15 is 0 Å². The largest absolute Gasteiger partial charge is 0.374 e. The fourth-order valence-corrected chi connectivity index (χ4v) is 4.17. The number of hydrogen-bond donors (Lipinski definition) is 1. The number of nitrogens with one attached hydrogen (secondary N) is 1. The van der Waals surface area contributed by atoms with Crippen LogP contribution >= 0.6 is 43.2 Å². The quantitative estimate of drug-likeness (QED) is 0.826. The predicted octanol–water partition coefficient (Wildman–Crippen LogP) is 3.08. The summed E-state index contributed by atoms with van der Waals surface area (Å²) in [6.45, 7) is 8.11. The molecule has 1 aliphatic rings. The second-order valence-corrected chi connectivity index (χ2v) is 7.66. The van der Waals surface area contributed by atoms with Crippen molar-refractivity contribution in [3.05, 3.63) is 19.2 Å². The molecule has 0 saturated carbocycles. The molecule has 2 rings (SSSR count). The molecule has 1 aromatic rings. The fourth-order valence-electron chi connectivity index (χ4n) is 2.03. The van der Waals surface area contributed by atoms with Gasteiger partial charge in [0.1, 0.15) is 0 Å². The first-order valence-corrected chi connectivity index (χ1v) is 8.57. The van der Waals surface area contributed by atoms with Crippen LogP contribution < -0.4 is 5.32 Å². The average Bonchev–Trinajstić information content (AvgIpc) is 2.69. The Balaban J connectivity index is 1.71. The lowest BCUT2D eigenvalue weighted by atomic mass is 10.2. The summed E-state index contributed by atoms with van der Waals surface area (Å²) < 4.78 is 8.05. The minimum atomic E-state index is 0.325. The third-order valence-electron chi connectivity index (χ3n) is 3.04. The molecule has 0 aromatic carbocycles. The summed E-state index contributed by atoms with van der Waals surface area (Å²) in [5.74, 6) is 0. The van der Waals surface area contributed by atoms with Crippen LogP contribution in [0.15, 0.2) is 14.3 Å². The van der Waals surface area contributed by atoms with Gasteiger partial charge in [0.05, 0.1) is 16.5 Å². The van der Waals surface area contributed by atoms with E-state index in [-0.39, 0.29) is 0 Å². The van der Waals surface area contributed by atoms with Gasteiger partial charge in [0.2, 0.25) is 0 Å². The Morgan fingerprint density at radius 2 is 2.39 bits per heavy atom. The van der Waals surface area contributed by atoms with E-state index in [0.29, 0.717) is 6.10 Å². The predicted molar refractivity (Wildman–Crippen MR) is 83.3 cm³/mol. The van der Waals surface area contributed by atoms with Crippen molar-refractivity contribution in [2.45, 2.75) is 19.6 Å². The molecule has 1 saturated heterocycles. The zero-order valence-corrected chi connectivity index (χ0v) is 14.4. The highest BCUT2D eigenvalue weighted by molar-refractivity contribution is 9.13. The van der Waals surface area contributed by atoms with E-state index < -0.39 is 0 Å². The van der Waals surface area contributed by atoms with Crippen molar-refractivity contribution in [3.8, 4) is 0 Å². The molecule has 1 fully saturated rings. The van der Waals surface area contributed by atoms with Gasteiger partial charge in [0.15, 0.2) is 0 Å². The van der Waals surface area contributed by atoms with Crippen LogP contribution in [-0.2, 0) is 11.3 Å². The molecule has 1 N–H and O–H groups in total. The highest BCUT2D eigenvalue weighted by Gasteiger charge is 2.18. The smallest absolute Gasteiger partial charge is 0.0843 e. The zero-order chi connectivity index (χ0) is 13.0. The van der Waals surface area contributed by atoms with Crippen LogP contribution in [0.2, 0.25) is 0 Å². The molecule has 0 spiro atoms. The van der Waals surface area contributed by atoms with Crippen LogP contribution in [0.5, 0.6) is 0 Å². The van der Waals surface area contributed by atoms with Gasteiger partial charge < -0.3 is 10.1 Å². The van der Waals surface area contributed by atoms with Crippen LogP contribution in [0.25, 0.3) is 0 Å². The third kappa shape index (κ3) is 4.28. The lowest BCUT2D eigenvalue weighted by Gasteiger charge is -2.32. The first-order chi connectivity index (χ1) is 8.69. The van der Waals surface area contributed by atoms with Crippen molar-refractivity contribution in [2.24, 2.45) is 0 Å². The van der Waals surface area contributed by atoms with E-state index in [1.807, 2.05) is 0 Å². The minimum Gasteiger partial charge on any atom is -0.374 e. The van der Waals surface area contributed by atoms with Crippen LogP contribution in [0, 0.1) is 0 Å². The molecule has 18 heavy (non-hydrogen) atoms. The number of rotatable bonds is 5. The van der Waals surface area contributed by atoms with Crippen molar-refractivity contribution in [3.63, 3.8) is 0 Å². The van der Waals surface area contributed by atoms with Gasteiger partial charge >= 0.3 is 0 Å². The topological polar surface area (TPSA) is 24.5 Å². The van der Waals surface area contributed by atoms with Gasteiger partial charge in [-0.2, -0.15) is 0 Å². The maximum absolute atomic E-state index is 5.76. The number of halogens is 2. The number of nitrogens with zero attached hydrogens (tertiary/aromatic N) is 1. The molecule has 0 aliphatic carbocycles. The second-order valence-electron chi connectivity index (χ2n) is 4.35. The van der Waals surface area contributed by atoms with E-state index in [1.165, 1.54) is 4.88 Å². The highest BCUT2D eigenvalue weighted by Crippen LogP contribution is 2.32. The van der Waals surface area contributed by atoms with Gasteiger partial charge in [0.25, 0.3) is 0 Å². The van der Waals surface area contributed by atoms with E-state index in [1.54, 1.807) is 11.3 Å². The molecule has 1 aromatic heterocycles. The number of morpholine rings is 1. The first-order valence-electron chi connectivity index (χ1n) is 6.17. The summed E-state index contributed by atoms with van der Waals surface area (Å²) >= 11 is 8.78. The van der Waals surface area contributed by atoms with Crippen molar-refractivity contribution in [1.29, 1.82) is 0 Å². The molecule has 0 bridgehead atoms. The Morgan fingerprint density at radius 3 is 3.06 bits per heavy atom. The number of hydrogen-bond acceptors (Lipinski definition) is 4. The van der Waals surface area contributed by atoms with Gasteiger partial charge in [-0.15, -0.1) is 11.3 Å². The molecule has 0 radical (unpaired) electrons. The Bertz CT molecular complexity index is 367. The van der Waals surface area contributed by atoms with Crippen molar-refractivity contribution in [2.75, 3.05) is 32.8 Å². The molecule has 102 valence electrons. The average molecular weight is 398 g/mol. The highest BCUT2D eigenvalue weighted by atomic mass is 79.9. The standard InChI is InChI=1S/C12H18Br2N2OS/c1-2-16-3-4-17-9(8-16)6-15-7-10-5-11(13)12(14)18-10/h5,9,15H,2-4,6-8H2,1H3. The Labute approximate surface area is 129 Å². The van der Waals surface area contributed by atoms with Crippen LogP contribution in [0.3, 0.4) is 0 Å². The van der Waals surface area contributed by atoms with E-state index in [9.17, 15) is 0 Å². The first kappa shape index (κ1) is 14.9. The summed E-state index contributed by atoms with van der Waals surface area (Å²) in [6, 6.07) is 2.15. The number of likely N-dealkylation sites (N-methyl/N-ethyl adjacent to an activating group) is 1. The number of thiophene rings is 1. The molecule has 2 heterocycles. The third-order valence-corrected chi connectivity index (χ3v) is 6.29. The van der Waals surface area contributed by atoms with Gasteiger partial charge in [-0.05, 0) is 44.5 Å². The Kier molecular flexibility index (Phi) is 6.11. The Hall–Kier alpha value is 0.540. The maximum atomic E-state index is 5.76. The van der Waals surface area contributed by atoms with Crippen LogP contribution in [0.4, 0.5) is 0 Å². The van der Waals surface area contributed by atoms with Gasteiger partial charge in [-0.1, -0.05) is 6.92 Å². The molecule has 1 aliphatic heterocycles. The molecule has 0 amide bonds. The van der Waals surface area contributed by atoms with E-state index in [2.05, 4.69) is 55.1 Å². The van der Waals surface area contributed by atoms with Crippen molar-refractivity contribution >= 4 is 43.2 Å². The molecule has 3 nitrogen and oxygen atoms in total. The molecule has 1 unspecified atom stereocenters. The lowest BCUT2D eigenvalue weighted by molar-refractivity contribution is -0.0253. The van der Waals surface area contributed by atoms with E-state index in [0.717, 1.165) is 47.6 Å². The summed E-state index contributed by atoms with van der Waals surface area (Å²) in [5, 5.41) is 3.47. The summed E-state index contributed by atoms with van der Waals surface area (Å²) in [5.41, 5.74) is 0. The van der Waals surface area contributed by atoms with Crippen molar-refractivity contribution < 1.29 is 4.74 Å². The lowest BCUT2D eigenvalue weighted by Crippen LogP contribution is -2.46. The maximum Gasteiger partial charge on any atom is 0.0843 e. The van der Waals surface area contributed by atoms with Gasteiger partial charge in [0, 0.05) is 35.5 Å². The van der Waals surface area contributed by atoms with Gasteiger partial charge in [-0.25, -0.2) is 0 Å². The SMILES string of the molecule is CCN1CCOC(CNCc2cc(Br)c(Br)s2)C1. The fraction of sp³-hybridized carbons (Fsp3) is 0.667. The zero-order valence-electron chi connectivity index (χ0n) is 10.4. The molecule has 1 atom stereocenters. The molecule has 6 heteroatoms. The molecular formula is C12H18Br2N2OS. The number of ether oxygens (including phenoxy) is 1. The normalized spacial score (nSPS) is 21.4. The monoisotopic (exact) mass is 396 g/mol. The van der Waals surface area contributed by atoms with E-state index in [4.69, 9.17) is 4.74 Å². The van der Waals surface area contributed by atoms with Crippen LogP contribution in [-0.4, -0.2) is 43.8 Å². The Morgan fingerprint density at radius 1 is 1.56 bits per heavy atom. The van der Waals surface area contributed by atoms with Crippen molar-refractivity contribution in [1.82, 2.24) is 10.2 Å². The van der Waals surface area contributed by atoms with Crippen LogP contribution in [0.1, 0.15) is 11.8 Å². The second kappa shape index (κ2) is 7.36. The molecular weight excluding hydrogens is 380 g/mol. The summed E-state index contributed by atoms with van der Waals surface area (Å²) in [7, 11) is 0. The summed E-state index contributed by atoms with van der Waals surface area (Å²) in [6.07, 6.45) is 0.325. The van der Waals surface area contributed by atoms with Gasteiger partial charge in [-0.3, -0.25) is 4.90 Å². The minimum absolute atomic E-state index is 0.325.